The van der Waals surface area contributed by atoms with Crippen LogP contribution in [0.2, 0.25) is 5.15 Å². The number of carboxylic acids is 1. The summed E-state index contributed by atoms with van der Waals surface area (Å²) in [6.07, 6.45) is 1.38. The minimum absolute atomic E-state index is 0.147. The number of hydrogen-bond acceptors (Lipinski definition) is 3. The highest BCUT2D eigenvalue weighted by molar-refractivity contribution is 6.30. The van der Waals surface area contributed by atoms with Gasteiger partial charge in [-0.15, -0.1) is 0 Å². The zero-order chi connectivity index (χ0) is 9.84. The number of hydrogen-bond donors (Lipinski definition) is 2. The first-order valence-electron chi connectivity index (χ1n) is 3.69. The fraction of sp³-hybridized carbons (Fsp3) is 0.250. The molecule has 0 fully saturated rings. The molecule has 0 aliphatic heterocycles. The van der Waals surface area contributed by atoms with Crippen LogP contribution in [0.3, 0.4) is 0 Å². The molecule has 1 heterocycles. The van der Waals surface area contributed by atoms with Gasteiger partial charge in [-0.1, -0.05) is 17.7 Å². The summed E-state index contributed by atoms with van der Waals surface area (Å²) in [7, 11) is 0. The van der Waals surface area contributed by atoms with Gasteiger partial charge in [0.25, 0.3) is 0 Å². The number of aromatic nitrogens is 1. The maximum atomic E-state index is 10.4. The number of carboxylic acid groups (broad SMARTS) is 1. The Balaban J connectivity index is 2.82. The maximum absolute atomic E-state index is 10.4. The normalized spacial score (nSPS) is 12.5. The summed E-state index contributed by atoms with van der Waals surface area (Å²) in [5, 5.41) is 8.75. The van der Waals surface area contributed by atoms with Crippen molar-refractivity contribution in [3.63, 3.8) is 0 Å². The summed E-state index contributed by atoms with van der Waals surface area (Å²) in [6, 6.07) is 2.74. The van der Waals surface area contributed by atoms with Crippen molar-refractivity contribution in [3.05, 3.63) is 29.0 Å². The summed E-state index contributed by atoms with van der Waals surface area (Å²) in [5.74, 6) is -0.951. The van der Waals surface area contributed by atoms with E-state index >= 15 is 0 Å². The fourth-order valence-corrected chi connectivity index (χ4v) is 1.23. The second-order valence-corrected chi connectivity index (χ2v) is 2.95. The van der Waals surface area contributed by atoms with Gasteiger partial charge in [-0.2, -0.15) is 0 Å². The van der Waals surface area contributed by atoms with Crippen molar-refractivity contribution < 1.29 is 9.90 Å². The van der Waals surface area contributed by atoms with Crippen LogP contribution < -0.4 is 5.73 Å². The number of halogens is 1. The Morgan fingerprint density at radius 1 is 1.77 bits per heavy atom. The molecular weight excluding hydrogens is 192 g/mol. The Bertz CT molecular complexity index is 317. The number of pyridine rings is 1. The first-order chi connectivity index (χ1) is 6.11. The average Bonchev–Trinajstić information content (AvgIpc) is 2.03. The molecule has 70 valence electrons. The highest BCUT2D eigenvalue weighted by Gasteiger charge is 2.13. The van der Waals surface area contributed by atoms with E-state index in [2.05, 4.69) is 4.98 Å². The highest BCUT2D eigenvalue weighted by Crippen LogP contribution is 2.20. The Labute approximate surface area is 80.3 Å². The van der Waals surface area contributed by atoms with E-state index in [1.54, 1.807) is 12.1 Å². The topological polar surface area (TPSA) is 76.2 Å². The molecule has 0 spiro atoms. The van der Waals surface area contributed by atoms with Crippen LogP contribution in [-0.4, -0.2) is 16.1 Å². The van der Waals surface area contributed by atoms with E-state index in [1.165, 1.54) is 6.20 Å². The number of nitrogens with two attached hydrogens (primary N) is 1. The molecule has 1 atom stereocenters. The van der Waals surface area contributed by atoms with Crippen molar-refractivity contribution in [3.8, 4) is 0 Å². The molecule has 4 nitrogen and oxygen atoms in total. The molecule has 0 aliphatic rings. The lowest BCUT2D eigenvalue weighted by molar-refractivity contribution is -0.137. The molecule has 0 amide bonds. The molecule has 1 aromatic heterocycles. The van der Waals surface area contributed by atoms with Gasteiger partial charge in [-0.25, -0.2) is 4.98 Å². The van der Waals surface area contributed by atoms with E-state index in [-0.39, 0.29) is 11.6 Å². The molecule has 0 unspecified atom stereocenters. The third kappa shape index (κ3) is 2.68. The van der Waals surface area contributed by atoms with Crippen LogP contribution in [0, 0.1) is 0 Å². The number of carbonyl (C=O) groups is 1. The molecule has 13 heavy (non-hydrogen) atoms. The standard InChI is InChI=1S/C8H9ClN2O2/c9-8-5(2-1-3-11-8)6(10)4-7(12)13/h1-3,6H,4,10H2,(H,12,13)/t6-/m1/s1. The van der Waals surface area contributed by atoms with Crippen LogP contribution in [0.4, 0.5) is 0 Å². The van der Waals surface area contributed by atoms with Crippen molar-refractivity contribution in [2.75, 3.05) is 0 Å². The van der Waals surface area contributed by atoms with Crippen molar-refractivity contribution in [1.82, 2.24) is 4.98 Å². The summed E-state index contributed by atoms with van der Waals surface area (Å²) in [5.41, 5.74) is 6.15. The fourth-order valence-electron chi connectivity index (χ4n) is 0.973. The first kappa shape index (κ1) is 9.95. The molecule has 0 aromatic carbocycles. The molecule has 1 rings (SSSR count). The lowest BCUT2D eigenvalue weighted by Crippen LogP contribution is -2.15. The molecule has 1 aromatic rings. The largest absolute Gasteiger partial charge is 0.481 e. The van der Waals surface area contributed by atoms with Crippen LogP contribution in [-0.2, 0) is 4.79 Å². The van der Waals surface area contributed by atoms with E-state index in [0.717, 1.165) is 0 Å². The van der Waals surface area contributed by atoms with Gasteiger partial charge in [-0.05, 0) is 6.07 Å². The molecule has 0 bridgehead atoms. The Hall–Kier alpha value is -1.13. The van der Waals surface area contributed by atoms with Gasteiger partial charge >= 0.3 is 5.97 Å². The van der Waals surface area contributed by atoms with Gasteiger partial charge in [-0.3, -0.25) is 4.79 Å². The van der Waals surface area contributed by atoms with Crippen molar-refractivity contribution >= 4 is 17.6 Å². The zero-order valence-corrected chi connectivity index (χ0v) is 7.53. The highest BCUT2D eigenvalue weighted by atomic mass is 35.5. The molecule has 0 radical (unpaired) electrons. The Kier molecular flexibility index (Phi) is 3.22. The van der Waals surface area contributed by atoms with E-state index < -0.39 is 12.0 Å². The minimum atomic E-state index is -0.951. The van der Waals surface area contributed by atoms with Crippen LogP contribution in [0.25, 0.3) is 0 Å². The van der Waals surface area contributed by atoms with Gasteiger partial charge in [0.2, 0.25) is 0 Å². The average molecular weight is 201 g/mol. The monoisotopic (exact) mass is 200 g/mol. The van der Waals surface area contributed by atoms with Gasteiger partial charge in [0, 0.05) is 17.8 Å². The third-order valence-corrected chi connectivity index (χ3v) is 1.90. The third-order valence-electron chi connectivity index (χ3n) is 1.58. The van der Waals surface area contributed by atoms with E-state index in [0.29, 0.717) is 5.56 Å². The van der Waals surface area contributed by atoms with E-state index in [4.69, 9.17) is 22.4 Å². The molecule has 0 aliphatic carbocycles. The SMILES string of the molecule is N[C@H](CC(=O)O)c1cccnc1Cl. The predicted molar refractivity (Wildman–Crippen MR) is 48.4 cm³/mol. The van der Waals surface area contributed by atoms with Crippen molar-refractivity contribution in [1.29, 1.82) is 0 Å². The van der Waals surface area contributed by atoms with Gasteiger partial charge in [0.15, 0.2) is 0 Å². The second-order valence-electron chi connectivity index (χ2n) is 2.59. The molecule has 0 saturated carbocycles. The smallest absolute Gasteiger partial charge is 0.305 e. The van der Waals surface area contributed by atoms with E-state index in [1.807, 2.05) is 0 Å². The molecule has 0 saturated heterocycles. The summed E-state index contributed by atoms with van der Waals surface area (Å²) in [6.45, 7) is 0. The van der Waals surface area contributed by atoms with Gasteiger partial charge in [0.1, 0.15) is 5.15 Å². The van der Waals surface area contributed by atoms with Gasteiger partial charge < -0.3 is 10.8 Å². The summed E-state index contributed by atoms with van der Waals surface area (Å²) < 4.78 is 0. The van der Waals surface area contributed by atoms with Crippen molar-refractivity contribution in [2.45, 2.75) is 12.5 Å². The van der Waals surface area contributed by atoms with Gasteiger partial charge in [0.05, 0.1) is 6.42 Å². The lowest BCUT2D eigenvalue weighted by Gasteiger charge is -2.09. The van der Waals surface area contributed by atoms with Crippen LogP contribution in [0.5, 0.6) is 0 Å². The quantitative estimate of drug-likeness (QED) is 0.720. The Morgan fingerprint density at radius 3 is 3.00 bits per heavy atom. The number of aliphatic carboxylic acids is 1. The van der Waals surface area contributed by atoms with Crippen molar-refractivity contribution in [2.24, 2.45) is 5.73 Å². The molecule has 5 heteroatoms. The van der Waals surface area contributed by atoms with E-state index in [9.17, 15) is 4.79 Å². The van der Waals surface area contributed by atoms with Crippen LogP contribution in [0.15, 0.2) is 18.3 Å². The zero-order valence-electron chi connectivity index (χ0n) is 6.77. The lowest BCUT2D eigenvalue weighted by atomic mass is 10.1. The Morgan fingerprint density at radius 2 is 2.46 bits per heavy atom. The second kappa shape index (κ2) is 4.20. The van der Waals surface area contributed by atoms with Crippen LogP contribution >= 0.6 is 11.6 Å². The maximum Gasteiger partial charge on any atom is 0.305 e. The minimum Gasteiger partial charge on any atom is -0.481 e. The molecule has 3 N–H and O–H groups in total. The van der Waals surface area contributed by atoms with Crippen LogP contribution in [0.1, 0.15) is 18.0 Å². The molecular formula is C8H9ClN2O2. The summed E-state index contributed by atoms with van der Waals surface area (Å²) in [4.78, 5) is 14.2. The number of rotatable bonds is 3. The number of nitrogens with zero attached hydrogens (tertiary/aromatic N) is 1. The predicted octanol–water partition coefficient (Wildman–Crippen LogP) is 1.21. The first-order valence-corrected chi connectivity index (χ1v) is 4.07. The summed E-state index contributed by atoms with van der Waals surface area (Å²) >= 11 is 5.72.